The number of carbonyl (C=O) groups is 1. The number of halogens is 3. The lowest BCUT2D eigenvalue weighted by Gasteiger charge is -2.59. The lowest BCUT2D eigenvalue weighted by atomic mass is 9.75. The Hall–Kier alpha value is -1.48. The van der Waals surface area contributed by atoms with Crippen LogP contribution in [0.2, 0.25) is 0 Å². The summed E-state index contributed by atoms with van der Waals surface area (Å²) in [7, 11) is 0. The van der Waals surface area contributed by atoms with Crippen molar-refractivity contribution >= 4 is 18.0 Å². The summed E-state index contributed by atoms with van der Waals surface area (Å²) in [6.45, 7) is 8.48. The van der Waals surface area contributed by atoms with Gasteiger partial charge in [0.15, 0.2) is 0 Å². The molecule has 1 aromatic heterocycles. The van der Waals surface area contributed by atoms with Crippen LogP contribution in [0.4, 0.5) is 18.0 Å². The van der Waals surface area contributed by atoms with Crippen LogP contribution >= 0.6 is 11.9 Å². The van der Waals surface area contributed by atoms with Gasteiger partial charge in [0, 0.05) is 42.4 Å². The number of pyridine rings is 1. The molecule has 1 saturated carbocycles. The number of amides is 1. The summed E-state index contributed by atoms with van der Waals surface area (Å²) < 4.78 is 46.4. The lowest BCUT2D eigenvalue weighted by molar-refractivity contribution is -0.141. The minimum atomic E-state index is -4.41. The fourth-order valence-corrected chi connectivity index (χ4v) is 5.06. The summed E-state index contributed by atoms with van der Waals surface area (Å²) in [4.78, 5) is 18.5. The van der Waals surface area contributed by atoms with E-state index in [-0.39, 0.29) is 17.4 Å². The molecular formula is C19H24F3N3O2S. The second-order valence-corrected chi connectivity index (χ2v) is 10.2. The number of nitrogens with zero attached hydrogens (tertiary/aromatic N) is 3. The van der Waals surface area contributed by atoms with E-state index in [2.05, 4.69) is 9.29 Å². The smallest absolute Gasteiger partial charge is 0.433 e. The fraction of sp³-hybridized carbons (Fsp3) is 0.684. The number of alkyl halides is 3. The minimum absolute atomic E-state index is 0.0863. The van der Waals surface area contributed by atoms with Gasteiger partial charge in [0.1, 0.15) is 11.3 Å². The summed E-state index contributed by atoms with van der Waals surface area (Å²) in [6.07, 6.45) is -2.90. The number of ether oxygens (including phenoxy) is 1. The molecule has 5 nitrogen and oxygen atoms in total. The Balaban J connectivity index is 1.33. The van der Waals surface area contributed by atoms with Crippen molar-refractivity contribution in [2.45, 2.75) is 56.2 Å². The maximum atomic E-state index is 13.0. The lowest BCUT2D eigenvalue weighted by Crippen LogP contribution is -2.71. The highest BCUT2D eigenvalue weighted by molar-refractivity contribution is 7.97. The highest BCUT2D eigenvalue weighted by Gasteiger charge is 2.54. The molecule has 1 spiro atoms. The van der Waals surface area contributed by atoms with E-state index < -0.39 is 17.5 Å². The van der Waals surface area contributed by atoms with Crippen molar-refractivity contribution in [2.24, 2.45) is 5.41 Å². The summed E-state index contributed by atoms with van der Waals surface area (Å²) in [5.74, 6) is 0.145. The monoisotopic (exact) mass is 415 g/mol. The fourth-order valence-electron chi connectivity index (χ4n) is 3.67. The summed E-state index contributed by atoms with van der Waals surface area (Å²) in [5.41, 5.74) is -0.658. The van der Waals surface area contributed by atoms with E-state index in [4.69, 9.17) is 4.74 Å². The molecule has 0 atom stereocenters. The Kier molecular flexibility index (Phi) is 4.61. The minimum Gasteiger partial charge on any atom is -0.444 e. The molecule has 28 heavy (non-hydrogen) atoms. The molecule has 2 aliphatic heterocycles. The zero-order valence-electron chi connectivity index (χ0n) is 16.2. The third kappa shape index (κ3) is 4.10. The predicted molar refractivity (Wildman–Crippen MR) is 98.9 cm³/mol. The first-order valence-electron chi connectivity index (χ1n) is 9.43. The molecule has 2 saturated heterocycles. The van der Waals surface area contributed by atoms with Gasteiger partial charge in [-0.25, -0.2) is 14.1 Å². The highest BCUT2D eigenvalue weighted by Crippen LogP contribution is 2.49. The Labute approximate surface area is 166 Å². The summed E-state index contributed by atoms with van der Waals surface area (Å²) >= 11 is 1.48. The van der Waals surface area contributed by atoms with E-state index in [0.29, 0.717) is 18.8 Å². The van der Waals surface area contributed by atoms with E-state index >= 15 is 0 Å². The third-order valence-corrected chi connectivity index (χ3v) is 6.15. The Morgan fingerprint density at radius 2 is 1.82 bits per heavy atom. The topological polar surface area (TPSA) is 45.7 Å². The molecule has 3 fully saturated rings. The average Bonchev–Trinajstić information content (AvgIpc) is 3.29. The van der Waals surface area contributed by atoms with Crippen LogP contribution in [0.3, 0.4) is 0 Å². The molecule has 4 rings (SSSR count). The molecule has 9 heteroatoms. The molecule has 1 aliphatic carbocycles. The molecular weight excluding hydrogens is 391 g/mol. The summed E-state index contributed by atoms with van der Waals surface area (Å²) in [6, 6.07) is 2.62. The van der Waals surface area contributed by atoms with Crippen LogP contribution in [0.15, 0.2) is 17.0 Å². The molecule has 0 aromatic carbocycles. The van der Waals surface area contributed by atoms with Crippen LogP contribution in [0.25, 0.3) is 0 Å². The number of hydrogen-bond donors (Lipinski definition) is 0. The first-order valence-corrected chi connectivity index (χ1v) is 10.2. The maximum Gasteiger partial charge on any atom is 0.433 e. The van der Waals surface area contributed by atoms with Crippen molar-refractivity contribution in [1.82, 2.24) is 14.2 Å². The van der Waals surface area contributed by atoms with Gasteiger partial charge in [-0.3, -0.25) is 0 Å². The van der Waals surface area contributed by atoms with E-state index in [1.807, 2.05) is 20.8 Å². The van der Waals surface area contributed by atoms with E-state index in [0.717, 1.165) is 36.9 Å². The normalized spacial score (nSPS) is 22.0. The van der Waals surface area contributed by atoms with Gasteiger partial charge in [0.2, 0.25) is 0 Å². The van der Waals surface area contributed by atoms with E-state index in [1.165, 1.54) is 11.9 Å². The number of likely N-dealkylation sites (tertiary alicyclic amines) is 1. The average molecular weight is 415 g/mol. The molecule has 154 valence electrons. The molecule has 0 radical (unpaired) electrons. The van der Waals surface area contributed by atoms with Crippen molar-refractivity contribution in [2.75, 3.05) is 26.2 Å². The van der Waals surface area contributed by atoms with Crippen molar-refractivity contribution < 1.29 is 22.7 Å². The van der Waals surface area contributed by atoms with Crippen molar-refractivity contribution in [3.8, 4) is 0 Å². The van der Waals surface area contributed by atoms with Gasteiger partial charge in [-0.2, -0.15) is 13.2 Å². The SMILES string of the molecule is CC(C)(C)OC(=O)N1CC2(CN(Sc3ccc(C(F)(F)F)nc3C3CC3)C2)C1. The van der Waals surface area contributed by atoms with Crippen LogP contribution < -0.4 is 0 Å². The Morgan fingerprint density at radius 3 is 2.36 bits per heavy atom. The predicted octanol–water partition coefficient (Wildman–Crippen LogP) is 4.54. The van der Waals surface area contributed by atoms with Crippen LogP contribution in [0, 0.1) is 5.41 Å². The first kappa shape index (κ1) is 19.8. The zero-order valence-corrected chi connectivity index (χ0v) is 17.0. The summed E-state index contributed by atoms with van der Waals surface area (Å²) in [5, 5.41) is 0. The van der Waals surface area contributed by atoms with Gasteiger partial charge < -0.3 is 9.64 Å². The molecule has 0 bridgehead atoms. The van der Waals surface area contributed by atoms with Crippen molar-refractivity contribution in [3.05, 3.63) is 23.5 Å². The van der Waals surface area contributed by atoms with Gasteiger partial charge in [-0.1, -0.05) is 0 Å². The molecule has 3 heterocycles. The zero-order chi connectivity index (χ0) is 20.3. The van der Waals surface area contributed by atoms with Crippen LogP contribution in [0.5, 0.6) is 0 Å². The molecule has 3 aliphatic rings. The second-order valence-electron chi connectivity index (χ2n) is 9.08. The number of carbonyl (C=O) groups excluding carboxylic acids is 1. The Morgan fingerprint density at radius 1 is 1.18 bits per heavy atom. The largest absolute Gasteiger partial charge is 0.444 e. The molecule has 0 unspecified atom stereocenters. The van der Waals surface area contributed by atoms with Crippen LogP contribution in [0.1, 0.15) is 50.9 Å². The first-order chi connectivity index (χ1) is 12.9. The van der Waals surface area contributed by atoms with Gasteiger partial charge in [-0.05, 0) is 57.7 Å². The van der Waals surface area contributed by atoms with Gasteiger partial charge in [-0.15, -0.1) is 0 Å². The maximum absolute atomic E-state index is 13.0. The molecule has 1 aromatic rings. The van der Waals surface area contributed by atoms with Crippen LogP contribution in [-0.4, -0.2) is 52.1 Å². The van der Waals surface area contributed by atoms with Crippen LogP contribution in [-0.2, 0) is 10.9 Å². The van der Waals surface area contributed by atoms with E-state index in [9.17, 15) is 18.0 Å². The third-order valence-electron chi connectivity index (χ3n) is 5.10. The van der Waals surface area contributed by atoms with Gasteiger partial charge in [0.25, 0.3) is 0 Å². The second kappa shape index (κ2) is 6.52. The van der Waals surface area contributed by atoms with Crippen molar-refractivity contribution in [3.63, 3.8) is 0 Å². The number of aromatic nitrogens is 1. The number of rotatable bonds is 3. The van der Waals surface area contributed by atoms with Crippen molar-refractivity contribution in [1.29, 1.82) is 0 Å². The highest BCUT2D eigenvalue weighted by atomic mass is 32.2. The number of hydrogen-bond acceptors (Lipinski definition) is 5. The quantitative estimate of drug-likeness (QED) is 0.679. The molecule has 1 amide bonds. The Bertz CT molecular complexity index is 776. The standard InChI is InChI=1S/C19H24F3N3O2S/c1-17(2,3)27-16(26)24-8-18(9-24)10-25(11-18)28-13-6-7-14(19(20,21)22)23-15(13)12-4-5-12/h6-7,12H,4-5,8-11H2,1-3H3. The van der Waals surface area contributed by atoms with Gasteiger partial charge in [0.05, 0.1) is 5.69 Å². The molecule has 0 N–H and O–H groups in total. The van der Waals surface area contributed by atoms with E-state index in [1.54, 1.807) is 11.0 Å². The van der Waals surface area contributed by atoms with Gasteiger partial charge >= 0.3 is 12.3 Å².